The Balaban J connectivity index is 2.52. The number of nitrogens with one attached hydrogen (secondary N) is 1. The molecule has 0 radical (unpaired) electrons. The number of pyridine rings is 1. The van der Waals surface area contributed by atoms with E-state index in [4.69, 9.17) is 5.84 Å². The lowest BCUT2D eigenvalue weighted by Crippen LogP contribution is -2.29. The highest BCUT2D eigenvalue weighted by Gasteiger charge is 2.14. The zero-order chi connectivity index (χ0) is 13.4. The molecule has 1 rings (SSSR count). The maximum atomic E-state index is 5.61. The Morgan fingerprint density at radius 2 is 2.17 bits per heavy atom. The Labute approximate surface area is 125 Å². The molecule has 100 valence electrons. The third-order valence-electron chi connectivity index (χ3n) is 2.77. The molecule has 0 aromatic carbocycles. The largest absolute Gasteiger partial charge is 0.271 e. The summed E-state index contributed by atoms with van der Waals surface area (Å²) in [4.78, 5) is 4.41. The number of hydrogen-bond donors (Lipinski definition) is 2. The van der Waals surface area contributed by atoms with Gasteiger partial charge in [0.05, 0.1) is 11.7 Å². The predicted molar refractivity (Wildman–Crippen MR) is 83.0 cm³/mol. The smallest absolute Gasteiger partial charge is 0.0729 e. The number of hydrazine groups is 1. The van der Waals surface area contributed by atoms with Gasteiger partial charge in [-0.2, -0.15) is 0 Å². The van der Waals surface area contributed by atoms with Crippen molar-refractivity contribution in [3.8, 4) is 0 Å². The van der Waals surface area contributed by atoms with Crippen LogP contribution in [0.15, 0.2) is 33.9 Å². The molecule has 1 heterocycles. The molecule has 0 aliphatic carbocycles. The first kappa shape index (κ1) is 15.8. The molecule has 0 saturated carbocycles. The van der Waals surface area contributed by atoms with Crippen molar-refractivity contribution in [2.24, 2.45) is 5.84 Å². The molecule has 5 heteroatoms. The second kappa shape index (κ2) is 8.80. The van der Waals surface area contributed by atoms with E-state index in [-0.39, 0.29) is 6.04 Å². The zero-order valence-electron chi connectivity index (χ0n) is 10.3. The van der Waals surface area contributed by atoms with Crippen LogP contribution < -0.4 is 11.3 Å². The molecule has 1 aromatic rings. The number of unbranched alkanes of at least 4 members (excludes halogenated alkanes) is 3. The maximum absolute atomic E-state index is 5.61. The van der Waals surface area contributed by atoms with E-state index >= 15 is 0 Å². The molecule has 0 aliphatic rings. The van der Waals surface area contributed by atoms with E-state index < -0.39 is 0 Å². The van der Waals surface area contributed by atoms with Crippen LogP contribution in [0.25, 0.3) is 0 Å². The summed E-state index contributed by atoms with van der Waals surface area (Å²) < 4.78 is 1.94. The Kier molecular flexibility index (Phi) is 7.74. The number of nitrogens with two attached hydrogens (primary N) is 1. The average Bonchev–Trinajstić information content (AvgIpc) is 2.35. The van der Waals surface area contributed by atoms with Crippen molar-refractivity contribution in [2.75, 3.05) is 0 Å². The molecule has 0 amide bonds. The first-order chi connectivity index (χ1) is 8.69. The van der Waals surface area contributed by atoms with Gasteiger partial charge in [0, 0.05) is 15.1 Å². The van der Waals surface area contributed by atoms with E-state index in [1.807, 2.05) is 12.1 Å². The number of rotatable bonds is 8. The minimum atomic E-state index is 0.0937. The molecule has 0 fully saturated rings. The minimum absolute atomic E-state index is 0.0937. The fourth-order valence-corrected chi connectivity index (χ4v) is 3.06. The maximum Gasteiger partial charge on any atom is 0.0729 e. The van der Waals surface area contributed by atoms with Crippen LogP contribution >= 0.6 is 31.9 Å². The van der Waals surface area contributed by atoms with Crippen molar-refractivity contribution in [1.29, 1.82) is 0 Å². The van der Waals surface area contributed by atoms with Gasteiger partial charge < -0.3 is 0 Å². The Hall–Kier alpha value is -0.230. The second-order valence-electron chi connectivity index (χ2n) is 4.17. The van der Waals surface area contributed by atoms with Crippen molar-refractivity contribution in [3.05, 3.63) is 39.6 Å². The van der Waals surface area contributed by atoms with Gasteiger partial charge in [-0.15, -0.1) is 6.58 Å². The van der Waals surface area contributed by atoms with Crippen molar-refractivity contribution >= 4 is 31.9 Å². The highest BCUT2D eigenvalue weighted by Crippen LogP contribution is 2.27. The average molecular weight is 377 g/mol. The number of allylic oxidation sites excluding steroid dienone is 1. The van der Waals surface area contributed by atoms with E-state index in [9.17, 15) is 0 Å². The van der Waals surface area contributed by atoms with Crippen LogP contribution in [0.3, 0.4) is 0 Å². The van der Waals surface area contributed by atoms with Gasteiger partial charge in [-0.05, 0) is 57.2 Å². The van der Waals surface area contributed by atoms with Crippen LogP contribution in [0, 0.1) is 0 Å². The van der Waals surface area contributed by atoms with Crippen LogP contribution in [0.1, 0.15) is 43.8 Å². The highest BCUT2D eigenvalue weighted by atomic mass is 79.9. The van der Waals surface area contributed by atoms with Gasteiger partial charge in [0.1, 0.15) is 0 Å². The monoisotopic (exact) mass is 375 g/mol. The summed E-state index contributed by atoms with van der Waals surface area (Å²) in [7, 11) is 0. The summed E-state index contributed by atoms with van der Waals surface area (Å²) in [6.45, 7) is 3.72. The summed E-state index contributed by atoms with van der Waals surface area (Å²) in [5.41, 5.74) is 3.80. The molecular weight excluding hydrogens is 358 g/mol. The third kappa shape index (κ3) is 5.18. The van der Waals surface area contributed by atoms with Gasteiger partial charge in [-0.25, -0.2) is 0 Å². The summed E-state index contributed by atoms with van der Waals surface area (Å²) >= 11 is 6.92. The molecule has 1 unspecified atom stereocenters. The van der Waals surface area contributed by atoms with E-state index in [2.05, 4.69) is 48.8 Å². The molecule has 0 aliphatic heterocycles. The number of aromatic nitrogens is 1. The van der Waals surface area contributed by atoms with E-state index in [1.165, 1.54) is 12.8 Å². The molecule has 1 aromatic heterocycles. The topological polar surface area (TPSA) is 50.9 Å². The van der Waals surface area contributed by atoms with Crippen LogP contribution in [-0.4, -0.2) is 4.98 Å². The van der Waals surface area contributed by atoms with Crippen LogP contribution in [0.2, 0.25) is 0 Å². The zero-order valence-corrected chi connectivity index (χ0v) is 13.5. The molecule has 3 N–H and O–H groups in total. The van der Waals surface area contributed by atoms with E-state index in [0.29, 0.717) is 0 Å². The SMILES string of the molecule is C=CCCCCCC(NN)c1ncc(Br)cc1Br. The Bertz CT molecular complexity index is 382. The van der Waals surface area contributed by atoms with Crippen molar-refractivity contribution < 1.29 is 0 Å². The number of nitrogens with zero attached hydrogens (tertiary/aromatic N) is 1. The van der Waals surface area contributed by atoms with Gasteiger partial charge in [0.15, 0.2) is 0 Å². The van der Waals surface area contributed by atoms with E-state index in [0.717, 1.165) is 33.9 Å². The number of halogens is 2. The fraction of sp³-hybridized carbons (Fsp3) is 0.462. The van der Waals surface area contributed by atoms with Gasteiger partial charge >= 0.3 is 0 Å². The van der Waals surface area contributed by atoms with Crippen LogP contribution in [0.5, 0.6) is 0 Å². The lowest BCUT2D eigenvalue weighted by Gasteiger charge is -2.16. The molecule has 3 nitrogen and oxygen atoms in total. The van der Waals surface area contributed by atoms with Crippen molar-refractivity contribution in [3.63, 3.8) is 0 Å². The fourth-order valence-electron chi connectivity index (χ4n) is 1.79. The second-order valence-corrected chi connectivity index (χ2v) is 5.94. The van der Waals surface area contributed by atoms with Crippen LogP contribution in [-0.2, 0) is 0 Å². The van der Waals surface area contributed by atoms with Gasteiger partial charge in [-0.1, -0.05) is 18.9 Å². The molecule has 0 spiro atoms. The first-order valence-corrected chi connectivity index (χ1v) is 7.65. The third-order valence-corrected chi connectivity index (χ3v) is 3.84. The first-order valence-electron chi connectivity index (χ1n) is 6.07. The minimum Gasteiger partial charge on any atom is -0.271 e. The molecule has 0 saturated heterocycles. The standard InChI is InChI=1S/C13H19Br2N3/c1-2-3-4-5-6-7-12(18-16)13-11(15)8-10(14)9-17-13/h2,8-9,12,18H,1,3-7,16H2. The Morgan fingerprint density at radius 3 is 2.78 bits per heavy atom. The van der Waals surface area contributed by atoms with Gasteiger partial charge in [-0.3, -0.25) is 16.3 Å². The lowest BCUT2D eigenvalue weighted by atomic mass is 10.0. The summed E-state index contributed by atoms with van der Waals surface area (Å²) in [6, 6.07) is 2.08. The predicted octanol–water partition coefficient (Wildman–Crippen LogP) is 4.25. The van der Waals surface area contributed by atoms with Gasteiger partial charge in [0.25, 0.3) is 0 Å². The molecule has 0 bridgehead atoms. The summed E-state index contributed by atoms with van der Waals surface area (Å²) in [5.74, 6) is 5.61. The highest BCUT2D eigenvalue weighted by molar-refractivity contribution is 9.11. The normalized spacial score (nSPS) is 12.4. The van der Waals surface area contributed by atoms with E-state index in [1.54, 1.807) is 6.20 Å². The molecule has 1 atom stereocenters. The van der Waals surface area contributed by atoms with Gasteiger partial charge in [0.2, 0.25) is 0 Å². The molecule has 18 heavy (non-hydrogen) atoms. The summed E-state index contributed by atoms with van der Waals surface area (Å²) in [5, 5.41) is 0. The van der Waals surface area contributed by atoms with Crippen LogP contribution in [0.4, 0.5) is 0 Å². The Morgan fingerprint density at radius 1 is 1.39 bits per heavy atom. The summed E-state index contributed by atoms with van der Waals surface area (Å²) in [6.07, 6.45) is 9.34. The lowest BCUT2D eigenvalue weighted by molar-refractivity contribution is 0.473. The number of hydrogen-bond acceptors (Lipinski definition) is 3. The van der Waals surface area contributed by atoms with Crippen molar-refractivity contribution in [1.82, 2.24) is 10.4 Å². The molecular formula is C13H19Br2N3. The quantitative estimate of drug-likeness (QED) is 0.308. The van der Waals surface area contributed by atoms with Crippen molar-refractivity contribution in [2.45, 2.75) is 38.1 Å².